The highest BCUT2D eigenvalue weighted by Crippen LogP contribution is 2.23. The smallest absolute Gasteiger partial charge is 0.408 e. The first-order valence-corrected chi connectivity index (χ1v) is 12.5. The molecule has 0 aromatic heterocycles. The number of likely N-dealkylation sites (N-methyl/N-ethyl adjacent to an activating group) is 1. The number of alkyl carbamates (subject to hydrolysis) is 1. The molecule has 8 heteroatoms. The molecule has 0 saturated carbocycles. The van der Waals surface area contributed by atoms with Crippen LogP contribution in [-0.2, 0) is 20.7 Å². The lowest BCUT2D eigenvalue weighted by atomic mass is 10.0. The summed E-state index contributed by atoms with van der Waals surface area (Å²) in [5.41, 5.74) is 0.677. The third kappa shape index (κ3) is 8.91. The van der Waals surface area contributed by atoms with Gasteiger partial charge in [0.25, 0.3) is 0 Å². The summed E-state index contributed by atoms with van der Waals surface area (Å²) in [6.07, 6.45) is 1.20. The fourth-order valence-corrected chi connectivity index (χ4v) is 3.78. The number of aromatic hydroxyl groups is 1. The van der Waals surface area contributed by atoms with Crippen molar-refractivity contribution in [1.82, 2.24) is 15.5 Å². The van der Waals surface area contributed by atoms with Gasteiger partial charge in [-0.15, -0.1) is 0 Å². The van der Waals surface area contributed by atoms with Crippen molar-refractivity contribution in [1.29, 1.82) is 0 Å². The van der Waals surface area contributed by atoms with E-state index in [2.05, 4.69) is 10.6 Å². The maximum absolute atomic E-state index is 13.9. The number of nitrogens with one attached hydrogen (secondary N) is 2. The molecule has 2 aromatic carbocycles. The van der Waals surface area contributed by atoms with Crippen LogP contribution in [0.3, 0.4) is 0 Å². The van der Waals surface area contributed by atoms with Crippen molar-refractivity contribution in [2.24, 2.45) is 0 Å². The van der Waals surface area contributed by atoms with E-state index in [0.717, 1.165) is 18.4 Å². The average Bonchev–Trinajstić information content (AvgIpc) is 2.82. The number of ether oxygens (including phenoxy) is 1. The lowest BCUT2D eigenvalue weighted by molar-refractivity contribution is -0.142. The zero-order valence-corrected chi connectivity index (χ0v) is 21.9. The van der Waals surface area contributed by atoms with Crippen LogP contribution in [0.15, 0.2) is 54.6 Å². The molecular formula is C28H39N3O5. The summed E-state index contributed by atoms with van der Waals surface area (Å²) in [5.74, 6) is -0.578. The molecule has 0 aliphatic rings. The Morgan fingerprint density at radius 1 is 1.00 bits per heavy atom. The Labute approximate surface area is 214 Å². The van der Waals surface area contributed by atoms with E-state index >= 15 is 0 Å². The Morgan fingerprint density at radius 2 is 1.64 bits per heavy atom. The SMILES string of the molecule is CCCCNC(=O)C(c1ccccc1)N(CC)C(=O)C(Cc1ccc(O)cc1)NC(=O)OC(C)(C)C. The van der Waals surface area contributed by atoms with Gasteiger partial charge in [-0.1, -0.05) is 55.8 Å². The van der Waals surface area contributed by atoms with Crippen molar-refractivity contribution in [3.8, 4) is 5.75 Å². The van der Waals surface area contributed by atoms with E-state index in [-0.39, 0.29) is 24.6 Å². The number of hydrogen-bond donors (Lipinski definition) is 3. The molecule has 8 nitrogen and oxygen atoms in total. The van der Waals surface area contributed by atoms with Gasteiger partial charge in [-0.25, -0.2) is 4.79 Å². The van der Waals surface area contributed by atoms with E-state index < -0.39 is 29.7 Å². The van der Waals surface area contributed by atoms with Gasteiger partial charge in [0.2, 0.25) is 11.8 Å². The van der Waals surface area contributed by atoms with Crippen LogP contribution in [0.5, 0.6) is 5.75 Å². The molecule has 196 valence electrons. The van der Waals surface area contributed by atoms with E-state index in [0.29, 0.717) is 12.1 Å². The number of carbonyl (C=O) groups excluding carboxylic acids is 3. The van der Waals surface area contributed by atoms with Crippen molar-refractivity contribution in [2.45, 2.75) is 71.6 Å². The van der Waals surface area contributed by atoms with Crippen LogP contribution in [-0.4, -0.2) is 52.6 Å². The van der Waals surface area contributed by atoms with Gasteiger partial charge >= 0.3 is 6.09 Å². The molecule has 0 radical (unpaired) electrons. The second-order valence-corrected chi connectivity index (χ2v) is 9.65. The molecule has 3 amide bonds. The molecule has 0 saturated heterocycles. The third-order valence-electron chi connectivity index (χ3n) is 5.49. The lowest BCUT2D eigenvalue weighted by Gasteiger charge is -2.34. The summed E-state index contributed by atoms with van der Waals surface area (Å²) < 4.78 is 5.41. The Balaban J connectivity index is 2.40. The molecule has 0 aliphatic heterocycles. The summed E-state index contributed by atoms with van der Waals surface area (Å²) in [6.45, 7) is 9.84. The number of phenolic OH excluding ortho intramolecular Hbond substituents is 1. The molecule has 0 heterocycles. The zero-order valence-electron chi connectivity index (χ0n) is 21.9. The number of carbonyl (C=O) groups is 3. The average molecular weight is 498 g/mol. The number of amides is 3. The predicted molar refractivity (Wildman–Crippen MR) is 139 cm³/mol. The van der Waals surface area contributed by atoms with Crippen LogP contribution in [0.2, 0.25) is 0 Å². The summed E-state index contributed by atoms with van der Waals surface area (Å²) >= 11 is 0. The van der Waals surface area contributed by atoms with Crippen LogP contribution in [0, 0.1) is 0 Å². The number of benzene rings is 2. The summed E-state index contributed by atoms with van der Waals surface area (Å²) in [5, 5.41) is 15.3. The molecule has 0 spiro atoms. The molecular weight excluding hydrogens is 458 g/mol. The minimum atomic E-state index is -0.987. The van der Waals surface area contributed by atoms with Crippen molar-refractivity contribution >= 4 is 17.9 Å². The Hall–Kier alpha value is -3.55. The van der Waals surface area contributed by atoms with Crippen LogP contribution in [0.25, 0.3) is 0 Å². The fraction of sp³-hybridized carbons (Fsp3) is 0.464. The molecule has 2 unspecified atom stereocenters. The highest BCUT2D eigenvalue weighted by atomic mass is 16.6. The second kappa shape index (κ2) is 13.5. The van der Waals surface area contributed by atoms with E-state index in [1.807, 2.05) is 37.3 Å². The fourth-order valence-electron chi connectivity index (χ4n) is 3.78. The molecule has 2 aromatic rings. The Kier molecular flexibility index (Phi) is 10.8. The van der Waals surface area contributed by atoms with Gasteiger partial charge < -0.3 is 25.4 Å². The number of unbranched alkanes of at least 4 members (excludes halogenated alkanes) is 1. The van der Waals surface area contributed by atoms with E-state index in [1.165, 1.54) is 17.0 Å². The predicted octanol–water partition coefficient (Wildman–Crippen LogP) is 4.33. The molecule has 0 aliphatic carbocycles. The van der Waals surface area contributed by atoms with E-state index in [1.54, 1.807) is 39.8 Å². The maximum Gasteiger partial charge on any atom is 0.408 e. The van der Waals surface area contributed by atoms with Gasteiger partial charge in [-0.3, -0.25) is 9.59 Å². The normalized spacial score (nSPS) is 12.8. The molecule has 2 rings (SSSR count). The van der Waals surface area contributed by atoms with Gasteiger partial charge in [0.05, 0.1) is 0 Å². The molecule has 0 bridgehead atoms. The van der Waals surface area contributed by atoms with E-state index in [4.69, 9.17) is 4.74 Å². The molecule has 2 atom stereocenters. The number of nitrogens with zero attached hydrogens (tertiary/aromatic N) is 1. The van der Waals surface area contributed by atoms with Crippen LogP contribution in [0.4, 0.5) is 4.79 Å². The third-order valence-corrected chi connectivity index (χ3v) is 5.49. The largest absolute Gasteiger partial charge is 0.508 e. The lowest BCUT2D eigenvalue weighted by Crippen LogP contribution is -2.53. The highest BCUT2D eigenvalue weighted by Gasteiger charge is 2.35. The highest BCUT2D eigenvalue weighted by molar-refractivity contribution is 5.92. The first-order valence-electron chi connectivity index (χ1n) is 12.5. The quantitative estimate of drug-likeness (QED) is 0.401. The van der Waals surface area contributed by atoms with Gasteiger partial charge in [0.1, 0.15) is 23.4 Å². The van der Waals surface area contributed by atoms with Crippen LogP contribution in [0.1, 0.15) is 64.6 Å². The monoisotopic (exact) mass is 497 g/mol. The number of hydrogen-bond acceptors (Lipinski definition) is 5. The van der Waals surface area contributed by atoms with Gasteiger partial charge in [-0.05, 0) is 57.4 Å². The minimum absolute atomic E-state index is 0.102. The molecule has 36 heavy (non-hydrogen) atoms. The standard InChI is InChI=1S/C28H39N3O5/c1-6-8-18-29-25(33)24(21-12-10-9-11-13-21)31(7-2)26(34)23(30-27(35)36-28(3,4)5)19-20-14-16-22(32)17-15-20/h9-17,23-24,32H,6-8,18-19H2,1-5H3,(H,29,33)(H,30,35). The Morgan fingerprint density at radius 3 is 2.19 bits per heavy atom. The summed E-state index contributed by atoms with van der Waals surface area (Å²) in [6, 6.07) is 13.7. The molecule has 0 fully saturated rings. The number of phenols is 1. The maximum atomic E-state index is 13.9. The summed E-state index contributed by atoms with van der Waals surface area (Å²) in [7, 11) is 0. The van der Waals surface area contributed by atoms with Gasteiger partial charge in [0, 0.05) is 19.5 Å². The van der Waals surface area contributed by atoms with Crippen LogP contribution >= 0.6 is 0 Å². The zero-order chi connectivity index (χ0) is 26.7. The van der Waals surface area contributed by atoms with Crippen molar-refractivity contribution in [3.63, 3.8) is 0 Å². The van der Waals surface area contributed by atoms with Crippen LogP contribution < -0.4 is 10.6 Å². The Bertz CT molecular complexity index is 986. The second-order valence-electron chi connectivity index (χ2n) is 9.65. The first-order chi connectivity index (χ1) is 17.1. The van der Waals surface area contributed by atoms with Crippen molar-refractivity contribution in [3.05, 3.63) is 65.7 Å². The van der Waals surface area contributed by atoms with E-state index in [9.17, 15) is 19.5 Å². The van der Waals surface area contributed by atoms with Gasteiger partial charge in [-0.2, -0.15) is 0 Å². The van der Waals surface area contributed by atoms with Crippen molar-refractivity contribution < 1.29 is 24.2 Å². The topological polar surface area (TPSA) is 108 Å². The molecule has 3 N–H and O–H groups in total. The summed E-state index contributed by atoms with van der Waals surface area (Å²) in [4.78, 5) is 41.4. The van der Waals surface area contributed by atoms with Gasteiger partial charge in [0.15, 0.2) is 0 Å². The minimum Gasteiger partial charge on any atom is -0.508 e. The number of rotatable bonds is 11. The van der Waals surface area contributed by atoms with Crippen molar-refractivity contribution in [2.75, 3.05) is 13.1 Å². The first kappa shape index (κ1) is 28.7.